The molecule has 2 nitrogen and oxygen atoms in total. The Kier molecular flexibility index (Phi) is 3.51. The Hall–Kier alpha value is -1.00. The average molecular weight is 226 g/mol. The van der Waals surface area contributed by atoms with Crippen LogP contribution in [0.3, 0.4) is 0 Å². The van der Waals surface area contributed by atoms with Crippen LogP contribution in [0.1, 0.15) is 12.5 Å². The normalized spacial score (nSPS) is 22.3. The minimum Gasteiger partial charge on any atom is -0.314 e. The molecule has 0 aliphatic carbocycles. The Labute approximate surface area is 94.3 Å². The largest absolute Gasteiger partial charge is 0.314 e. The van der Waals surface area contributed by atoms with Crippen molar-refractivity contribution >= 4 is 0 Å². The van der Waals surface area contributed by atoms with Gasteiger partial charge in [-0.3, -0.25) is 4.90 Å². The summed E-state index contributed by atoms with van der Waals surface area (Å²) in [5, 5.41) is 3.28. The molecule has 0 amide bonds. The first kappa shape index (κ1) is 11.5. The molecule has 0 aromatic heterocycles. The van der Waals surface area contributed by atoms with Crippen molar-refractivity contribution in [3.05, 3.63) is 35.4 Å². The van der Waals surface area contributed by atoms with E-state index < -0.39 is 11.6 Å². The number of nitrogens with one attached hydrogen (secondary N) is 1. The molecule has 1 aromatic carbocycles. The maximum Gasteiger partial charge on any atom is 0.126 e. The maximum absolute atomic E-state index is 13.0. The first-order valence-corrected chi connectivity index (χ1v) is 5.55. The zero-order chi connectivity index (χ0) is 11.5. The van der Waals surface area contributed by atoms with Gasteiger partial charge in [0, 0.05) is 38.3 Å². The standard InChI is InChI=1S/C12H16F2N2/c1-9-7-15-2-3-16(9)8-10-4-11(13)6-12(14)5-10/h4-6,9,15H,2-3,7-8H2,1H3/t9-/m0/s1. The fourth-order valence-electron chi connectivity index (χ4n) is 2.05. The molecule has 0 saturated carbocycles. The Morgan fingerprint density at radius 1 is 1.31 bits per heavy atom. The van der Waals surface area contributed by atoms with E-state index in [1.807, 2.05) is 0 Å². The number of halogens is 2. The quantitative estimate of drug-likeness (QED) is 0.826. The highest BCUT2D eigenvalue weighted by atomic mass is 19.1. The van der Waals surface area contributed by atoms with Gasteiger partial charge in [-0.1, -0.05) is 0 Å². The van der Waals surface area contributed by atoms with E-state index in [4.69, 9.17) is 0 Å². The summed E-state index contributed by atoms with van der Waals surface area (Å²) in [7, 11) is 0. The van der Waals surface area contributed by atoms with Crippen molar-refractivity contribution in [2.75, 3.05) is 19.6 Å². The second-order valence-electron chi connectivity index (χ2n) is 4.30. The second-order valence-corrected chi connectivity index (χ2v) is 4.30. The molecule has 1 fully saturated rings. The van der Waals surface area contributed by atoms with E-state index in [1.54, 1.807) is 0 Å². The van der Waals surface area contributed by atoms with Crippen LogP contribution in [0.2, 0.25) is 0 Å². The lowest BCUT2D eigenvalue weighted by atomic mass is 10.1. The van der Waals surface area contributed by atoms with Crippen LogP contribution in [0.25, 0.3) is 0 Å². The number of nitrogens with zero attached hydrogens (tertiary/aromatic N) is 1. The third-order valence-corrected chi connectivity index (χ3v) is 2.95. The van der Waals surface area contributed by atoms with Crippen molar-refractivity contribution in [1.29, 1.82) is 0 Å². The molecule has 0 spiro atoms. The predicted molar refractivity (Wildman–Crippen MR) is 59.1 cm³/mol. The summed E-state index contributed by atoms with van der Waals surface area (Å²) in [4.78, 5) is 2.23. The zero-order valence-electron chi connectivity index (χ0n) is 9.34. The van der Waals surface area contributed by atoms with Crippen molar-refractivity contribution in [2.24, 2.45) is 0 Å². The van der Waals surface area contributed by atoms with E-state index in [1.165, 1.54) is 12.1 Å². The summed E-state index contributed by atoms with van der Waals surface area (Å²) >= 11 is 0. The molecule has 2 rings (SSSR count). The van der Waals surface area contributed by atoms with Gasteiger partial charge < -0.3 is 5.32 Å². The van der Waals surface area contributed by atoms with Gasteiger partial charge in [-0.05, 0) is 24.6 Å². The molecule has 0 bridgehead atoms. The Morgan fingerprint density at radius 3 is 2.62 bits per heavy atom. The van der Waals surface area contributed by atoms with Crippen molar-refractivity contribution in [2.45, 2.75) is 19.5 Å². The molecule has 4 heteroatoms. The van der Waals surface area contributed by atoms with Crippen LogP contribution in [-0.2, 0) is 6.54 Å². The fraction of sp³-hybridized carbons (Fsp3) is 0.500. The minimum absolute atomic E-state index is 0.403. The van der Waals surface area contributed by atoms with Crippen molar-refractivity contribution in [3.8, 4) is 0 Å². The van der Waals surface area contributed by atoms with Gasteiger partial charge in [0.15, 0.2) is 0 Å². The van der Waals surface area contributed by atoms with Gasteiger partial charge in [0.25, 0.3) is 0 Å². The van der Waals surface area contributed by atoms with E-state index >= 15 is 0 Å². The van der Waals surface area contributed by atoms with Crippen molar-refractivity contribution < 1.29 is 8.78 Å². The predicted octanol–water partition coefficient (Wildman–Crippen LogP) is 1.76. The number of hydrogen-bond acceptors (Lipinski definition) is 2. The molecule has 1 aromatic rings. The maximum atomic E-state index is 13.0. The first-order chi connectivity index (χ1) is 7.65. The van der Waals surface area contributed by atoms with Gasteiger partial charge in [-0.25, -0.2) is 8.78 Å². The van der Waals surface area contributed by atoms with E-state index in [-0.39, 0.29) is 0 Å². The summed E-state index contributed by atoms with van der Waals surface area (Å²) in [5.74, 6) is -1.00. The Bertz CT molecular complexity index is 348. The number of hydrogen-bond donors (Lipinski definition) is 1. The van der Waals surface area contributed by atoms with Crippen LogP contribution in [-0.4, -0.2) is 30.6 Å². The van der Waals surface area contributed by atoms with Crippen LogP contribution in [0.4, 0.5) is 8.78 Å². The molecule has 1 N–H and O–H groups in total. The molecule has 1 saturated heterocycles. The monoisotopic (exact) mass is 226 g/mol. The lowest BCUT2D eigenvalue weighted by molar-refractivity contribution is 0.165. The molecule has 1 atom stereocenters. The number of piperazine rings is 1. The molecule has 1 aliphatic rings. The smallest absolute Gasteiger partial charge is 0.126 e. The highest BCUT2D eigenvalue weighted by molar-refractivity contribution is 5.18. The fourth-order valence-corrected chi connectivity index (χ4v) is 2.05. The van der Waals surface area contributed by atoms with Crippen LogP contribution in [0.5, 0.6) is 0 Å². The SMILES string of the molecule is C[C@H]1CNCCN1Cc1cc(F)cc(F)c1. The highest BCUT2D eigenvalue weighted by Crippen LogP contribution is 2.13. The van der Waals surface area contributed by atoms with Gasteiger partial charge in [0.05, 0.1) is 0 Å². The second kappa shape index (κ2) is 4.89. The molecule has 0 unspecified atom stereocenters. The first-order valence-electron chi connectivity index (χ1n) is 5.55. The zero-order valence-corrected chi connectivity index (χ0v) is 9.34. The summed E-state index contributed by atoms with van der Waals surface area (Å²) in [5.41, 5.74) is 0.700. The van der Waals surface area contributed by atoms with Crippen molar-refractivity contribution in [3.63, 3.8) is 0 Å². The third-order valence-electron chi connectivity index (χ3n) is 2.95. The molecule has 1 heterocycles. The van der Waals surface area contributed by atoms with E-state index in [0.29, 0.717) is 18.2 Å². The summed E-state index contributed by atoms with van der Waals surface area (Å²) in [6.45, 7) is 5.50. The van der Waals surface area contributed by atoms with E-state index in [0.717, 1.165) is 25.7 Å². The van der Waals surface area contributed by atoms with Crippen LogP contribution in [0, 0.1) is 11.6 Å². The Morgan fingerprint density at radius 2 is 2.00 bits per heavy atom. The molecule has 88 valence electrons. The summed E-state index contributed by atoms with van der Waals surface area (Å²) < 4.78 is 26.0. The summed E-state index contributed by atoms with van der Waals surface area (Å²) in [6.07, 6.45) is 0. The average Bonchev–Trinajstić information content (AvgIpc) is 2.20. The van der Waals surface area contributed by atoms with Crippen LogP contribution >= 0.6 is 0 Å². The molecule has 16 heavy (non-hydrogen) atoms. The third kappa shape index (κ3) is 2.77. The van der Waals surface area contributed by atoms with Gasteiger partial charge in [-0.15, -0.1) is 0 Å². The van der Waals surface area contributed by atoms with Crippen molar-refractivity contribution in [1.82, 2.24) is 10.2 Å². The van der Waals surface area contributed by atoms with Gasteiger partial charge in [-0.2, -0.15) is 0 Å². The van der Waals surface area contributed by atoms with Gasteiger partial charge in [0.1, 0.15) is 11.6 Å². The molecule has 1 aliphatic heterocycles. The van der Waals surface area contributed by atoms with Crippen LogP contribution < -0.4 is 5.32 Å². The molecular weight excluding hydrogens is 210 g/mol. The molecule has 0 radical (unpaired) electrons. The van der Waals surface area contributed by atoms with E-state index in [2.05, 4.69) is 17.1 Å². The van der Waals surface area contributed by atoms with Gasteiger partial charge in [0.2, 0.25) is 0 Å². The summed E-state index contributed by atoms with van der Waals surface area (Å²) in [6, 6.07) is 4.11. The van der Waals surface area contributed by atoms with Crippen LogP contribution in [0.15, 0.2) is 18.2 Å². The lowest BCUT2D eigenvalue weighted by Gasteiger charge is -2.33. The van der Waals surface area contributed by atoms with E-state index in [9.17, 15) is 8.78 Å². The Balaban J connectivity index is 2.07. The molecular formula is C12H16F2N2. The van der Waals surface area contributed by atoms with Gasteiger partial charge >= 0.3 is 0 Å². The minimum atomic E-state index is -0.502. The highest BCUT2D eigenvalue weighted by Gasteiger charge is 2.18. The lowest BCUT2D eigenvalue weighted by Crippen LogP contribution is -2.49. The number of benzene rings is 1. The number of rotatable bonds is 2. The topological polar surface area (TPSA) is 15.3 Å².